The van der Waals surface area contributed by atoms with Crippen molar-refractivity contribution in [3.05, 3.63) is 12.8 Å². The average molecular weight is 248 g/mol. The molecule has 0 aromatic carbocycles. The van der Waals surface area contributed by atoms with Gasteiger partial charge in [0.2, 0.25) is 0 Å². The van der Waals surface area contributed by atoms with Crippen LogP contribution in [0.2, 0.25) is 0 Å². The zero-order valence-corrected chi connectivity index (χ0v) is 10.9. The number of hydrogen-bond acceptors (Lipinski definition) is 2. The molecule has 0 unspecified atom stereocenters. The molecule has 0 atom stereocenters. The Morgan fingerprint density at radius 3 is 2.36 bits per heavy atom. The van der Waals surface area contributed by atoms with E-state index >= 15 is 0 Å². The van der Waals surface area contributed by atoms with Gasteiger partial charge in [-0.1, -0.05) is 25.0 Å². The van der Waals surface area contributed by atoms with Gasteiger partial charge >= 0.3 is 23.1 Å². The summed E-state index contributed by atoms with van der Waals surface area (Å²) in [5.41, 5.74) is 0. The maximum absolute atomic E-state index is 3.80. The first kappa shape index (κ1) is 18.0. The molecule has 0 N–H and O–H groups in total. The van der Waals surface area contributed by atoms with E-state index in [9.17, 15) is 0 Å². The van der Waals surface area contributed by atoms with E-state index in [4.69, 9.17) is 0 Å². The summed E-state index contributed by atoms with van der Waals surface area (Å²) >= 11 is 1.73. The number of halogens is 1. The number of aliphatic imine (C=N–C) groups is 1. The maximum Gasteiger partial charge on any atom is 2.00 e. The molecule has 1 nitrogen and oxygen atoms in total. The zero-order valence-electron chi connectivity index (χ0n) is 6.95. The van der Waals surface area contributed by atoms with Crippen LogP contribution in [-0.2, 0) is 0 Å². The molecule has 0 spiro atoms. The smallest absolute Gasteiger partial charge is 0.447 e. The summed E-state index contributed by atoms with van der Waals surface area (Å²) in [6.45, 7) is 5.72. The van der Waals surface area contributed by atoms with Gasteiger partial charge in [-0.15, -0.1) is 23.2 Å². The minimum atomic E-state index is 0. The quantitative estimate of drug-likeness (QED) is 0.513. The first-order chi connectivity index (χ1) is 4.41. The third-order valence-electron chi connectivity index (χ3n) is 0.765. The van der Waals surface area contributed by atoms with E-state index in [-0.39, 0.29) is 40.0 Å². The van der Waals surface area contributed by atoms with Crippen molar-refractivity contribution in [3.8, 4) is 0 Å². The SMILES string of the molecule is Br.C1=N[CH-]SC1.[CH2-]CCC.[Mg+2]. The van der Waals surface area contributed by atoms with E-state index in [2.05, 4.69) is 18.8 Å². The van der Waals surface area contributed by atoms with Gasteiger partial charge in [-0.3, -0.25) is 0 Å². The van der Waals surface area contributed by atoms with E-state index < -0.39 is 0 Å². The fraction of sp³-hybridized carbons (Fsp3) is 0.571. The van der Waals surface area contributed by atoms with E-state index in [0.717, 1.165) is 12.2 Å². The Morgan fingerprint density at radius 1 is 1.73 bits per heavy atom. The van der Waals surface area contributed by atoms with Gasteiger partial charge in [0, 0.05) is 0 Å². The van der Waals surface area contributed by atoms with Gasteiger partial charge in [0.15, 0.2) is 0 Å². The summed E-state index contributed by atoms with van der Waals surface area (Å²) in [5, 5.41) is 0. The molecule has 0 fully saturated rings. The molecule has 0 saturated carbocycles. The standard InChI is InChI=1S/C4H9.C3H4NS.BrH.Mg/c1-3-4-2;1-2-5-3-4-1;;/h1,3-4H2,2H3;1,3H,2H2;1H;/q2*-1;;+2. The normalized spacial score (nSPS) is 11.5. The molecule has 1 rings (SSSR count). The molecular weight excluding hydrogens is 234 g/mol. The predicted molar refractivity (Wildman–Crippen MR) is 61.6 cm³/mol. The predicted octanol–water partition coefficient (Wildman–Crippen LogP) is 2.74. The summed E-state index contributed by atoms with van der Waals surface area (Å²) in [6.07, 6.45) is 4.17. The second kappa shape index (κ2) is 17.3. The first-order valence-electron chi connectivity index (χ1n) is 3.16. The third-order valence-corrected chi connectivity index (χ3v) is 1.38. The Labute approximate surface area is 101 Å². The Morgan fingerprint density at radius 2 is 2.27 bits per heavy atom. The van der Waals surface area contributed by atoms with E-state index in [1.54, 1.807) is 11.8 Å². The van der Waals surface area contributed by atoms with Crippen LogP contribution in [-0.4, -0.2) is 35.0 Å². The van der Waals surface area contributed by atoms with Gasteiger partial charge in [0.25, 0.3) is 0 Å². The molecule has 0 aromatic rings. The Hall–Kier alpha value is 1.14. The van der Waals surface area contributed by atoms with E-state index in [0.29, 0.717) is 0 Å². The molecule has 0 amide bonds. The van der Waals surface area contributed by atoms with Crippen molar-refractivity contribution in [1.82, 2.24) is 0 Å². The van der Waals surface area contributed by atoms with Crippen LogP contribution in [0.25, 0.3) is 0 Å². The van der Waals surface area contributed by atoms with E-state index in [1.807, 2.05) is 12.1 Å². The molecule has 1 heterocycles. The van der Waals surface area contributed by atoms with Crippen molar-refractivity contribution in [2.75, 3.05) is 5.75 Å². The van der Waals surface area contributed by atoms with Gasteiger partial charge < -0.3 is 11.9 Å². The summed E-state index contributed by atoms with van der Waals surface area (Å²) in [7, 11) is 0. The third kappa shape index (κ3) is 18.3. The van der Waals surface area contributed by atoms with Crippen LogP contribution in [0.1, 0.15) is 19.8 Å². The van der Waals surface area contributed by atoms with Crippen molar-refractivity contribution >= 4 is 58.0 Å². The largest absolute Gasteiger partial charge is 2.00 e. The zero-order chi connectivity index (χ0) is 6.95. The second-order valence-electron chi connectivity index (χ2n) is 1.62. The molecule has 0 saturated heterocycles. The molecule has 1 aliphatic heterocycles. The van der Waals surface area contributed by atoms with Gasteiger partial charge in [-0.25, -0.2) is 11.8 Å². The summed E-state index contributed by atoms with van der Waals surface area (Å²) in [4.78, 5) is 3.80. The van der Waals surface area contributed by atoms with Crippen LogP contribution in [0.5, 0.6) is 0 Å². The molecule has 0 bridgehead atoms. The van der Waals surface area contributed by atoms with Crippen LogP contribution < -0.4 is 0 Å². The maximum atomic E-state index is 3.80. The van der Waals surface area contributed by atoms with Crippen molar-refractivity contribution in [2.24, 2.45) is 4.99 Å². The molecular formula is C7H14BrMgNS. The molecule has 0 aliphatic carbocycles. The topological polar surface area (TPSA) is 12.4 Å². The summed E-state index contributed by atoms with van der Waals surface area (Å²) in [6, 6.07) is 0. The van der Waals surface area contributed by atoms with Crippen LogP contribution >= 0.6 is 28.7 Å². The van der Waals surface area contributed by atoms with Crippen LogP contribution in [0.3, 0.4) is 0 Å². The van der Waals surface area contributed by atoms with Crippen LogP contribution in [0, 0.1) is 12.8 Å². The van der Waals surface area contributed by atoms with Gasteiger partial charge in [0.1, 0.15) is 0 Å². The minimum Gasteiger partial charge on any atom is -0.447 e. The summed E-state index contributed by atoms with van der Waals surface area (Å²) < 4.78 is 0. The van der Waals surface area contributed by atoms with E-state index in [1.165, 1.54) is 6.42 Å². The number of rotatable bonds is 1. The molecule has 62 valence electrons. The molecule has 11 heavy (non-hydrogen) atoms. The molecule has 4 heteroatoms. The fourth-order valence-corrected chi connectivity index (χ4v) is 0.645. The van der Waals surface area contributed by atoms with Crippen molar-refractivity contribution < 1.29 is 0 Å². The number of hydrogen-bond donors (Lipinski definition) is 0. The number of unbranched alkanes of at least 4 members (excludes halogenated alkanes) is 1. The molecule has 0 aromatic heterocycles. The minimum absolute atomic E-state index is 0. The van der Waals surface area contributed by atoms with Gasteiger partial charge in [-0.2, -0.15) is 6.42 Å². The number of nitrogens with zero attached hydrogens (tertiary/aromatic N) is 1. The number of thioether (sulfide) groups is 1. The average Bonchev–Trinajstić information content (AvgIpc) is 2.43. The van der Waals surface area contributed by atoms with Gasteiger partial charge in [-0.05, 0) is 0 Å². The Kier molecular flexibility index (Phi) is 28.3. The second-order valence-corrected chi connectivity index (χ2v) is 2.50. The molecule has 1 aliphatic rings. The Bertz CT molecular complexity index is 72.8. The fourth-order valence-electron chi connectivity index (χ4n) is 0.215. The first-order valence-corrected chi connectivity index (χ1v) is 4.20. The molecule has 0 radical (unpaired) electrons. The van der Waals surface area contributed by atoms with Crippen LogP contribution in [0.4, 0.5) is 0 Å². The Balaban J connectivity index is -0.000000101. The van der Waals surface area contributed by atoms with Crippen molar-refractivity contribution in [2.45, 2.75) is 19.8 Å². The summed E-state index contributed by atoms with van der Waals surface area (Å²) in [5.74, 6) is 2.92. The van der Waals surface area contributed by atoms with Crippen molar-refractivity contribution in [3.63, 3.8) is 0 Å². The van der Waals surface area contributed by atoms with Gasteiger partial charge in [0.05, 0.1) is 0 Å². The monoisotopic (exact) mass is 247 g/mol. The van der Waals surface area contributed by atoms with Crippen LogP contribution in [0.15, 0.2) is 4.99 Å². The van der Waals surface area contributed by atoms with Crippen molar-refractivity contribution in [1.29, 1.82) is 0 Å².